The monoisotopic (exact) mass is 131 g/mol. The van der Waals surface area contributed by atoms with Crippen molar-refractivity contribution in [3.63, 3.8) is 0 Å². The molecule has 0 aliphatic rings. The molecule has 0 aliphatic carbocycles. The molecule has 0 amide bonds. The summed E-state index contributed by atoms with van der Waals surface area (Å²) in [6.07, 6.45) is 0. The van der Waals surface area contributed by atoms with E-state index < -0.39 is 0 Å². The number of hydrogen-bond acceptors (Lipinski definition) is 0. The van der Waals surface area contributed by atoms with Gasteiger partial charge in [-0.2, -0.15) is 0 Å². The van der Waals surface area contributed by atoms with Crippen LogP contribution in [0.5, 0.6) is 0 Å². The van der Waals surface area contributed by atoms with E-state index in [1.165, 1.54) is 6.69 Å². The molecule has 4 heteroatoms. The minimum atomic E-state index is 1.50. The van der Waals surface area contributed by atoms with Crippen LogP contribution in [0.3, 0.4) is 0 Å². The van der Waals surface area contributed by atoms with E-state index in [9.17, 15) is 0 Å². The van der Waals surface area contributed by atoms with E-state index in [0.717, 1.165) is 0 Å². The van der Waals surface area contributed by atoms with Crippen LogP contribution >= 0.6 is 0 Å². The van der Waals surface area contributed by atoms with Gasteiger partial charge in [0.05, 0.1) is 0 Å². The first kappa shape index (κ1) is 4.88. The predicted molar refractivity (Wildman–Crippen MR) is 17.3 cm³/mol. The van der Waals surface area contributed by atoms with Gasteiger partial charge >= 0.3 is 38.2 Å². The van der Waals surface area contributed by atoms with Gasteiger partial charge in [-0.1, -0.05) is 0 Å². The van der Waals surface area contributed by atoms with Gasteiger partial charge in [-0.25, -0.2) is 0 Å². The van der Waals surface area contributed by atoms with Crippen LogP contribution < -0.4 is 0 Å². The van der Waals surface area contributed by atoms with Crippen molar-refractivity contribution in [1.82, 2.24) is 0 Å². The minimum absolute atomic E-state index is 1.50. The Morgan fingerprint density at radius 2 is 2.00 bits per heavy atom. The average Bonchev–Trinajstić information content (AvgIpc) is 1.37. The number of hydrogen-bond donors (Lipinski definition) is 0. The van der Waals surface area contributed by atoms with Crippen LogP contribution in [0.4, 0.5) is 0 Å². The zero-order valence-corrected chi connectivity index (χ0v) is 4.15. The molecule has 0 bridgehead atoms. The molecule has 0 saturated heterocycles. The van der Waals surface area contributed by atoms with Gasteiger partial charge < -0.3 is 0 Å². The summed E-state index contributed by atoms with van der Waals surface area (Å²) in [6.45, 7) is 1.50. The van der Waals surface area contributed by atoms with Crippen molar-refractivity contribution in [1.29, 1.82) is 0 Å². The average molecular weight is 128 g/mol. The van der Waals surface area contributed by atoms with Crippen LogP contribution in [0.1, 0.15) is 0 Å². The first-order valence-electron chi connectivity index (χ1n) is 0.902. The Morgan fingerprint density at radius 1 is 1.75 bits per heavy atom. The zero-order chi connectivity index (χ0) is 3.41. The van der Waals surface area contributed by atoms with Gasteiger partial charge in [-0.15, -0.1) is 0 Å². The second-order valence-corrected chi connectivity index (χ2v) is 0.998. The second kappa shape index (κ2) is 3.88. The van der Waals surface area contributed by atoms with E-state index in [1.807, 2.05) is 19.1 Å². The Balaban J connectivity index is 2.73. The SMILES string of the molecule is [B]=B[B]=[Mo]. The molecule has 15 valence electrons. The molecule has 0 fully saturated rings. The van der Waals surface area contributed by atoms with Crippen molar-refractivity contribution in [2.75, 3.05) is 0 Å². The molecule has 0 aromatic rings. The van der Waals surface area contributed by atoms with Crippen molar-refractivity contribution in [2.45, 2.75) is 0 Å². The van der Waals surface area contributed by atoms with Crippen LogP contribution in [0.25, 0.3) is 0 Å². The second-order valence-electron chi connectivity index (χ2n) is 0.329. The van der Waals surface area contributed by atoms with Crippen LogP contribution in [0, 0.1) is 0 Å². The summed E-state index contributed by atoms with van der Waals surface area (Å²) in [5.41, 5.74) is 0. The Labute approximate surface area is 38.6 Å². The van der Waals surface area contributed by atoms with Crippen LogP contribution in [0.15, 0.2) is 0 Å². The Bertz CT molecular complexity index is 24.3. The van der Waals surface area contributed by atoms with Gasteiger partial charge in [0.2, 0.25) is 0 Å². The fourth-order valence-corrected chi connectivity index (χ4v) is 0. The van der Waals surface area contributed by atoms with Gasteiger partial charge in [0.15, 0.2) is 0 Å². The zero-order valence-electron chi connectivity index (χ0n) is 2.14. The Morgan fingerprint density at radius 3 is 2.00 bits per heavy atom. The van der Waals surface area contributed by atoms with Crippen molar-refractivity contribution >= 4 is 19.1 Å². The van der Waals surface area contributed by atoms with Crippen molar-refractivity contribution < 1.29 is 19.1 Å². The van der Waals surface area contributed by atoms with Gasteiger partial charge in [0, 0.05) is 0 Å². The summed E-state index contributed by atoms with van der Waals surface area (Å²) >= 11 is 1.82. The molecular weight excluding hydrogens is 128 g/mol. The Hall–Kier alpha value is 0.883. The fourth-order valence-electron chi connectivity index (χ4n) is 0. The molecule has 0 atom stereocenters. The third-order valence-electron chi connectivity index (χ3n) is 0.0786. The predicted octanol–water partition coefficient (Wildman–Crippen LogP) is -1.14. The maximum atomic E-state index is 4.85. The van der Waals surface area contributed by atoms with Crippen LogP contribution in [-0.4, -0.2) is 19.1 Å². The molecule has 0 saturated carbocycles. The molecule has 0 nitrogen and oxygen atoms in total. The summed E-state index contributed by atoms with van der Waals surface area (Å²) in [5.74, 6) is 0. The van der Waals surface area contributed by atoms with Crippen LogP contribution in [0.2, 0.25) is 0 Å². The standard InChI is InChI=1S/B3.Mo/c1-3-2;. The van der Waals surface area contributed by atoms with Gasteiger partial charge in [-0.05, 0) is 0 Å². The van der Waals surface area contributed by atoms with E-state index in [-0.39, 0.29) is 0 Å². The summed E-state index contributed by atoms with van der Waals surface area (Å²) in [4.78, 5) is 0. The van der Waals surface area contributed by atoms with E-state index in [4.69, 9.17) is 7.37 Å². The molecule has 1 radical (unpaired) electrons. The number of rotatable bonds is 1. The molecule has 4 heavy (non-hydrogen) atoms. The fraction of sp³-hybridized carbons (Fsp3) is 0. The van der Waals surface area contributed by atoms with Gasteiger partial charge in [0.1, 0.15) is 0 Å². The first-order valence-corrected chi connectivity index (χ1v) is 2.06. The summed E-state index contributed by atoms with van der Waals surface area (Å²) < 4.78 is 0. The van der Waals surface area contributed by atoms with E-state index in [0.29, 0.717) is 0 Å². The van der Waals surface area contributed by atoms with Crippen molar-refractivity contribution in [3.05, 3.63) is 0 Å². The van der Waals surface area contributed by atoms with Crippen molar-refractivity contribution in [3.8, 4) is 0 Å². The molecule has 0 N–H and O–H groups in total. The molecule has 0 aliphatic heterocycles. The van der Waals surface area contributed by atoms with Crippen LogP contribution in [-0.2, 0) is 19.1 Å². The molecule has 0 unspecified atom stereocenters. The summed E-state index contributed by atoms with van der Waals surface area (Å²) in [5, 5.41) is 1.79. The van der Waals surface area contributed by atoms with Crippen molar-refractivity contribution in [2.24, 2.45) is 0 Å². The van der Waals surface area contributed by atoms with E-state index in [1.54, 1.807) is 5.01 Å². The normalized spacial score (nSPS) is 2.75. The van der Waals surface area contributed by atoms with E-state index >= 15 is 0 Å². The molecule has 0 heterocycles. The van der Waals surface area contributed by atoms with Gasteiger partial charge in [-0.3, -0.25) is 0 Å². The quantitative estimate of drug-likeness (QED) is 0.392. The molecule has 0 aromatic carbocycles. The molecular formula is B3Mo. The first-order chi connectivity index (χ1) is 1.91. The van der Waals surface area contributed by atoms with Gasteiger partial charge in [0.25, 0.3) is 0 Å². The maximum absolute atomic E-state index is 4.85. The third-order valence-corrected chi connectivity index (χ3v) is 0.465. The van der Waals surface area contributed by atoms with E-state index in [2.05, 4.69) is 0 Å². The Kier molecular flexibility index (Phi) is 4.74. The molecule has 0 rings (SSSR count). The summed E-state index contributed by atoms with van der Waals surface area (Å²) in [7, 11) is 4.85. The topological polar surface area (TPSA) is 0 Å². The summed E-state index contributed by atoms with van der Waals surface area (Å²) in [6, 6.07) is 0. The molecule has 0 spiro atoms. The molecule has 0 aromatic heterocycles. The third kappa shape index (κ3) is 2.88.